The number of nitrogens with zero attached hydrogens (tertiary/aromatic N) is 2. The van der Waals surface area contributed by atoms with Gasteiger partial charge in [0, 0.05) is 25.7 Å². The molecular weight excluding hydrogens is 372 g/mol. The number of aliphatic carboxylic acids is 1. The molecule has 0 saturated carbocycles. The van der Waals surface area contributed by atoms with Gasteiger partial charge in [0.25, 0.3) is 10.0 Å². The van der Waals surface area contributed by atoms with Crippen molar-refractivity contribution in [3.8, 4) is 0 Å². The fourth-order valence-corrected chi connectivity index (χ4v) is 3.42. The molecular formula is C17H22N4O5S. The van der Waals surface area contributed by atoms with E-state index in [1.165, 1.54) is 17.1 Å². The predicted octanol–water partition coefficient (Wildman–Crippen LogP) is 0.291. The summed E-state index contributed by atoms with van der Waals surface area (Å²) in [5.41, 5.74) is 0.947. The molecule has 27 heavy (non-hydrogen) atoms. The van der Waals surface area contributed by atoms with Crippen LogP contribution in [0.5, 0.6) is 0 Å². The van der Waals surface area contributed by atoms with Crippen molar-refractivity contribution in [2.24, 2.45) is 7.05 Å². The molecule has 1 atom stereocenters. The van der Waals surface area contributed by atoms with Gasteiger partial charge in [0.1, 0.15) is 0 Å². The van der Waals surface area contributed by atoms with Crippen molar-refractivity contribution >= 4 is 21.9 Å². The fraction of sp³-hybridized carbons (Fsp3) is 0.353. The maximum atomic E-state index is 12.2. The highest BCUT2D eigenvalue weighted by Crippen LogP contribution is 2.08. The quantitative estimate of drug-likeness (QED) is 0.531. The van der Waals surface area contributed by atoms with Crippen LogP contribution in [0.2, 0.25) is 0 Å². The number of carboxylic acid groups (broad SMARTS) is 1. The van der Waals surface area contributed by atoms with Crippen LogP contribution >= 0.6 is 0 Å². The first kappa shape index (κ1) is 20.6. The normalized spacial score (nSPS) is 12.5. The van der Waals surface area contributed by atoms with Crippen molar-refractivity contribution in [3.63, 3.8) is 0 Å². The Morgan fingerprint density at radius 1 is 1.26 bits per heavy atom. The highest BCUT2D eigenvalue weighted by Gasteiger charge is 2.20. The van der Waals surface area contributed by atoms with Crippen LogP contribution in [-0.2, 0) is 33.1 Å². The number of hydrogen-bond donors (Lipinski definition) is 3. The van der Waals surface area contributed by atoms with Gasteiger partial charge in [0.05, 0.1) is 12.9 Å². The molecule has 10 heteroatoms. The van der Waals surface area contributed by atoms with E-state index in [-0.39, 0.29) is 17.9 Å². The second-order valence-electron chi connectivity index (χ2n) is 6.09. The Morgan fingerprint density at radius 2 is 1.96 bits per heavy atom. The predicted molar refractivity (Wildman–Crippen MR) is 97.3 cm³/mol. The first-order chi connectivity index (χ1) is 12.8. The smallest absolute Gasteiger partial charge is 0.303 e. The van der Waals surface area contributed by atoms with Crippen molar-refractivity contribution < 1.29 is 23.1 Å². The lowest BCUT2D eigenvalue weighted by molar-refractivity contribution is -0.137. The third kappa shape index (κ3) is 6.83. The van der Waals surface area contributed by atoms with Crippen LogP contribution in [-0.4, -0.2) is 47.5 Å². The van der Waals surface area contributed by atoms with Gasteiger partial charge in [-0.15, -0.1) is 0 Å². The Bertz CT molecular complexity index is 880. The highest BCUT2D eigenvalue weighted by molar-refractivity contribution is 7.89. The zero-order valence-corrected chi connectivity index (χ0v) is 15.6. The van der Waals surface area contributed by atoms with E-state index < -0.39 is 34.5 Å². The van der Waals surface area contributed by atoms with E-state index in [1.807, 2.05) is 30.3 Å². The molecule has 1 aromatic carbocycles. The van der Waals surface area contributed by atoms with Crippen LogP contribution in [0.3, 0.4) is 0 Å². The number of benzene rings is 1. The SMILES string of the molecule is Cn1cnc(S(=O)(=O)NCC(=O)NC(CCC(=O)O)Cc2ccccc2)c1. The molecule has 2 aromatic rings. The van der Waals surface area contributed by atoms with Gasteiger partial charge in [-0.3, -0.25) is 9.59 Å². The van der Waals surface area contributed by atoms with Crippen molar-refractivity contribution in [3.05, 3.63) is 48.4 Å². The molecule has 0 radical (unpaired) electrons. The molecule has 0 fully saturated rings. The van der Waals surface area contributed by atoms with Crippen molar-refractivity contribution in [2.75, 3.05) is 6.54 Å². The standard InChI is InChI=1S/C17H22N4O5S/c1-21-11-16(18-12-21)27(25,26)19-10-15(22)20-14(7-8-17(23)24)9-13-5-3-2-4-6-13/h2-6,11-12,14,19H,7-10H2,1H3,(H,20,22)(H,23,24). The fourth-order valence-electron chi connectivity index (χ4n) is 2.46. The first-order valence-electron chi connectivity index (χ1n) is 8.29. The Hall–Kier alpha value is -2.72. The minimum atomic E-state index is -3.89. The molecule has 9 nitrogen and oxygen atoms in total. The van der Waals surface area contributed by atoms with Gasteiger partial charge >= 0.3 is 5.97 Å². The van der Waals surface area contributed by atoms with Crippen LogP contribution in [0.1, 0.15) is 18.4 Å². The number of amides is 1. The average Bonchev–Trinajstić information content (AvgIpc) is 3.06. The number of imidazole rings is 1. The number of aryl methyl sites for hydroxylation is 1. The summed E-state index contributed by atoms with van der Waals surface area (Å²) in [5.74, 6) is -1.50. The molecule has 3 N–H and O–H groups in total. The summed E-state index contributed by atoms with van der Waals surface area (Å²) < 4.78 is 27.9. The van der Waals surface area contributed by atoms with Crippen LogP contribution < -0.4 is 10.0 Å². The topological polar surface area (TPSA) is 130 Å². The third-order valence-electron chi connectivity index (χ3n) is 3.78. The number of carbonyl (C=O) groups is 2. The van der Waals surface area contributed by atoms with E-state index in [4.69, 9.17) is 5.11 Å². The van der Waals surface area contributed by atoms with Crippen molar-refractivity contribution in [2.45, 2.75) is 30.3 Å². The number of nitrogens with one attached hydrogen (secondary N) is 2. The van der Waals surface area contributed by atoms with E-state index in [0.717, 1.165) is 5.56 Å². The minimum absolute atomic E-state index is 0.0998. The lowest BCUT2D eigenvalue weighted by Gasteiger charge is -2.18. The first-order valence-corrected chi connectivity index (χ1v) is 9.77. The van der Waals surface area contributed by atoms with Crippen LogP contribution in [0.4, 0.5) is 0 Å². The van der Waals surface area contributed by atoms with Gasteiger partial charge in [-0.1, -0.05) is 30.3 Å². The Balaban J connectivity index is 1.94. The summed E-state index contributed by atoms with van der Waals surface area (Å²) in [4.78, 5) is 26.8. The molecule has 1 unspecified atom stereocenters. The second-order valence-corrected chi connectivity index (χ2v) is 7.80. The number of sulfonamides is 1. The molecule has 2 rings (SSSR count). The lowest BCUT2D eigenvalue weighted by Crippen LogP contribution is -2.43. The molecule has 146 valence electrons. The molecule has 0 aliphatic heterocycles. The van der Waals surface area contributed by atoms with Gasteiger partial charge < -0.3 is 15.0 Å². The van der Waals surface area contributed by atoms with Crippen LogP contribution in [0, 0.1) is 0 Å². The van der Waals surface area contributed by atoms with Crippen molar-refractivity contribution in [1.82, 2.24) is 19.6 Å². The average molecular weight is 394 g/mol. The molecule has 0 saturated heterocycles. The number of carbonyl (C=O) groups excluding carboxylic acids is 1. The Labute approximate surface area is 157 Å². The van der Waals surface area contributed by atoms with Gasteiger partial charge in [-0.05, 0) is 18.4 Å². The maximum Gasteiger partial charge on any atom is 0.303 e. The van der Waals surface area contributed by atoms with E-state index in [9.17, 15) is 18.0 Å². The van der Waals surface area contributed by atoms with E-state index >= 15 is 0 Å². The summed E-state index contributed by atoms with van der Waals surface area (Å²) in [6.45, 7) is -0.461. The van der Waals surface area contributed by atoms with Gasteiger partial charge in [-0.2, -0.15) is 0 Å². The van der Waals surface area contributed by atoms with E-state index in [1.54, 1.807) is 7.05 Å². The Morgan fingerprint density at radius 3 is 2.56 bits per heavy atom. The molecule has 0 spiro atoms. The zero-order chi connectivity index (χ0) is 19.9. The monoisotopic (exact) mass is 394 g/mol. The number of carboxylic acids is 1. The van der Waals surface area contributed by atoms with E-state index in [0.29, 0.717) is 6.42 Å². The van der Waals surface area contributed by atoms with Crippen LogP contribution in [0.15, 0.2) is 47.9 Å². The van der Waals surface area contributed by atoms with Gasteiger partial charge in [-0.25, -0.2) is 18.1 Å². The Kier molecular flexibility index (Phi) is 7.08. The number of aromatic nitrogens is 2. The van der Waals surface area contributed by atoms with Gasteiger partial charge in [0.2, 0.25) is 5.91 Å². The molecule has 0 aliphatic carbocycles. The molecule has 1 aromatic heterocycles. The molecule has 0 bridgehead atoms. The maximum absolute atomic E-state index is 12.2. The third-order valence-corrected chi connectivity index (χ3v) is 5.06. The van der Waals surface area contributed by atoms with Crippen molar-refractivity contribution in [1.29, 1.82) is 0 Å². The molecule has 1 amide bonds. The minimum Gasteiger partial charge on any atom is -0.481 e. The van der Waals surface area contributed by atoms with Gasteiger partial charge in [0.15, 0.2) is 5.03 Å². The zero-order valence-electron chi connectivity index (χ0n) is 14.8. The van der Waals surface area contributed by atoms with E-state index in [2.05, 4.69) is 15.0 Å². The largest absolute Gasteiger partial charge is 0.481 e. The van der Waals surface area contributed by atoms with Crippen LogP contribution in [0.25, 0.3) is 0 Å². The summed E-state index contributed by atoms with van der Waals surface area (Å²) in [6, 6.07) is 8.91. The molecule has 1 heterocycles. The molecule has 0 aliphatic rings. The summed E-state index contributed by atoms with van der Waals surface area (Å²) >= 11 is 0. The second kappa shape index (κ2) is 9.28. The lowest BCUT2D eigenvalue weighted by atomic mass is 10.0. The summed E-state index contributed by atoms with van der Waals surface area (Å²) in [5, 5.41) is 11.4. The number of hydrogen-bond acceptors (Lipinski definition) is 5. The summed E-state index contributed by atoms with van der Waals surface area (Å²) in [6.07, 6.45) is 3.26. The highest BCUT2D eigenvalue weighted by atomic mass is 32.2. The number of rotatable bonds is 10. The summed E-state index contributed by atoms with van der Waals surface area (Å²) in [7, 11) is -2.26.